The number of carbonyl (C=O) groups is 1. The molecule has 5 rings (SSSR count). The van der Waals surface area contributed by atoms with Gasteiger partial charge in [-0.25, -0.2) is 28.2 Å². The molecule has 1 atom stereocenters. The number of hydrogen-bond donors (Lipinski definition) is 3. The van der Waals surface area contributed by atoms with E-state index in [4.69, 9.17) is 4.74 Å². The van der Waals surface area contributed by atoms with Gasteiger partial charge in [0.05, 0.1) is 27.8 Å². The summed E-state index contributed by atoms with van der Waals surface area (Å²) in [7, 11) is -3.65. The van der Waals surface area contributed by atoms with E-state index in [1.165, 1.54) is 11.3 Å². The molecule has 0 spiro atoms. The van der Waals surface area contributed by atoms with E-state index in [1.54, 1.807) is 18.6 Å². The van der Waals surface area contributed by atoms with Crippen LogP contribution < -0.4 is 15.4 Å². The molecule has 0 saturated carbocycles. The molecule has 11 nitrogen and oxygen atoms in total. The summed E-state index contributed by atoms with van der Waals surface area (Å²) >= 11 is 1.36. The van der Waals surface area contributed by atoms with Crippen LogP contribution in [-0.4, -0.2) is 59.4 Å². The molecule has 3 N–H and O–H groups in total. The third kappa shape index (κ3) is 6.67. The van der Waals surface area contributed by atoms with Crippen LogP contribution in [0, 0.1) is 6.92 Å². The van der Waals surface area contributed by atoms with Gasteiger partial charge in [-0.1, -0.05) is 17.4 Å². The lowest BCUT2D eigenvalue weighted by Crippen LogP contribution is -2.31. The highest BCUT2D eigenvalue weighted by molar-refractivity contribution is 7.92. The van der Waals surface area contributed by atoms with E-state index in [-0.39, 0.29) is 23.8 Å². The predicted molar refractivity (Wildman–Crippen MR) is 152 cm³/mol. The Morgan fingerprint density at radius 1 is 1.10 bits per heavy atom. The van der Waals surface area contributed by atoms with E-state index in [9.17, 15) is 13.2 Å². The number of nitrogens with zero attached hydrogens (tertiary/aromatic N) is 4. The maximum atomic E-state index is 12.6. The summed E-state index contributed by atoms with van der Waals surface area (Å²) < 4.78 is 34.1. The van der Waals surface area contributed by atoms with Crippen molar-refractivity contribution in [1.82, 2.24) is 25.3 Å². The number of ether oxygens (including phenoxy) is 1. The Kier molecular flexibility index (Phi) is 8.00. The number of urea groups is 1. The van der Waals surface area contributed by atoms with Gasteiger partial charge in [0.15, 0.2) is 5.13 Å². The van der Waals surface area contributed by atoms with Gasteiger partial charge < -0.3 is 10.1 Å². The van der Waals surface area contributed by atoms with Crippen molar-refractivity contribution >= 4 is 48.7 Å². The lowest BCUT2D eigenvalue weighted by atomic mass is 10.0. The number of hydrogen-bond acceptors (Lipinski definition) is 9. The Morgan fingerprint density at radius 3 is 2.62 bits per heavy atom. The van der Waals surface area contributed by atoms with Crippen molar-refractivity contribution in [2.75, 3.05) is 28.9 Å². The van der Waals surface area contributed by atoms with Crippen molar-refractivity contribution < 1.29 is 17.9 Å². The molecule has 0 radical (unpaired) electrons. The van der Waals surface area contributed by atoms with Crippen molar-refractivity contribution in [3.05, 3.63) is 48.4 Å². The van der Waals surface area contributed by atoms with E-state index < -0.39 is 10.0 Å². The number of carbonyl (C=O) groups excluding carboxylic acids is 1. The fraction of sp³-hybridized carbons (Fsp3) is 0.346. The third-order valence-electron chi connectivity index (χ3n) is 6.15. The summed E-state index contributed by atoms with van der Waals surface area (Å²) in [6.07, 6.45) is 7.24. The first-order valence-electron chi connectivity index (χ1n) is 12.7. The van der Waals surface area contributed by atoms with Crippen molar-refractivity contribution in [3.8, 4) is 22.4 Å². The zero-order valence-electron chi connectivity index (χ0n) is 21.6. The van der Waals surface area contributed by atoms with Crippen LogP contribution in [0.15, 0.2) is 42.9 Å². The molecule has 2 amide bonds. The molecule has 1 fully saturated rings. The Balaban J connectivity index is 1.44. The molecular weight excluding hydrogens is 538 g/mol. The highest BCUT2D eigenvalue weighted by atomic mass is 32.2. The van der Waals surface area contributed by atoms with Crippen LogP contribution in [-0.2, 0) is 14.8 Å². The second kappa shape index (κ2) is 11.6. The summed E-state index contributed by atoms with van der Waals surface area (Å²) in [5, 5.41) is 5.94. The van der Waals surface area contributed by atoms with Crippen LogP contribution in [0.3, 0.4) is 0 Å². The Labute approximate surface area is 230 Å². The fourth-order valence-corrected chi connectivity index (χ4v) is 6.45. The summed E-state index contributed by atoms with van der Waals surface area (Å²) in [4.78, 5) is 29.8. The molecule has 1 aliphatic heterocycles. The number of sulfonamides is 1. The van der Waals surface area contributed by atoms with E-state index >= 15 is 0 Å². The second-order valence-corrected chi connectivity index (χ2v) is 12.0. The fourth-order valence-electron chi connectivity index (χ4n) is 4.27. The second-order valence-electron chi connectivity index (χ2n) is 9.26. The molecule has 1 aliphatic rings. The molecule has 0 bridgehead atoms. The smallest absolute Gasteiger partial charge is 0.321 e. The lowest BCUT2D eigenvalue weighted by Gasteiger charge is -2.22. The average Bonchev–Trinajstić information content (AvgIpc) is 3.31. The average molecular weight is 568 g/mol. The largest absolute Gasteiger partial charge is 0.377 e. The lowest BCUT2D eigenvalue weighted by molar-refractivity contribution is 0.0306. The van der Waals surface area contributed by atoms with Gasteiger partial charge in [-0.05, 0) is 62.4 Å². The number of benzene rings is 1. The monoisotopic (exact) mass is 567 g/mol. The quantitative estimate of drug-likeness (QED) is 0.280. The minimum atomic E-state index is -3.65. The van der Waals surface area contributed by atoms with Gasteiger partial charge in [-0.3, -0.25) is 15.0 Å². The normalized spacial score (nSPS) is 15.7. The minimum absolute atomic E-state index is 0.00172. The number of aromatic nitrogens is 4. The van der Waals surface area contributed by atoms with Gasteiger partial charge in [0.1, 0.15) is 0 Å². The van der Waals surface area contributed by atoms with Crippen LogP contribution >= 0.6 is 11.3 Å². The number of amides is 2. The van der Waals surface area contributed by atoms with Crippen LogP contribution in [0.25, 0.3) is 32.6 Å². The SMILES string of the molecule is CCNC(=O)Nc1nc2cc(-c3cnc(NS(=O)(=O)CC4CCCCO4)nc3)cc(-c3ccc(C)cn3)c2s1. The first-order valence-corrected chi connectivity index (χ1v) is 15.1. The molecule has 204 valence electrons. The van der Waals surface area contributed by atoms with E-state index in [1.807, 2.05) is 38.1 Å². The van der Waals surface area contributed by atoms with Crippen molar-refractivity contribution in [3.63, 3.8) is 0 Å². The summed E-state index contributed by atoms with van der Waals surface area (Å²) in [5.41, 5.74) is 4.78. The van der Waals surface area contributed by atoms with Crippen molar-refractivity contribution in [2.45, 2.75) is 39.2 Å². The summed E-state index contributed by atoms with van der Waals surface area (Å²) in [6.45, 7) is 4.90. The summed E-state index contributed by atoms with van der Waals surface area (Å²) in [5.74, 6) is -0.129. The van der Waals surface area contributed by atoms with Gasteiger partial charge in [0, 0.05) is 42.9 Å². The molecule has 0 aliphatic carbocycles. The Bertz CT molecular complexity index is 1570. The number of rotatable bonds is 8. The molecular formula is C26H29N7O4S2. The van der Waals surface area contributed by atoms with Gasteiger partial charge in [0.2, 0.25) is 16.0 Å². The first-order chi connectivity index (χ1) is 18.8. The minimum Gasteiger partial charge on any atom is -0.377 e. The molecule has 1 aromatic carbocycles. The van der Waals surface area contributed by atoms with Gasteiger partial charge in [-0.2, -0.15) is 0 Å². The van der Waals surface area contributed by atoms with Gasteiger partial charge in [-0.15, -0.1) is 0 Å². The zero-order valence-corrected chi connectivity index (χ0v) is 23.2. The van der Waals surface area contributed by atoms with Crippen LogP contribution in [0.1, 0.15) is 31.7 Å². The van der Waals surface area contributed by atoms with Gasteiger partial charge >= 0.3 is 6.03 Å². The predicted octanol–water partition coefficient (Wildman–Crippen LogP) is 4.58. The molecule has 13 heteroatoms. The molecule has 1 saturated heterocycles. The number of nitrogens with one attached hydrogen (secondary N) is 3. The Hall–Kier alpha value is -3.68. The summed E-state index contributed by atoms with van der Waals surface area (Å²) in [6, 6.07) is 7.45. The van der Waals surface area contributed by atoms with E-state index in [0.717, 1.165) is 46.3 Å². The topological polar surface area (TPSA) is 148 Å². The molecule has 1 unspecified atom stereocenters. The van der Waals surface area contributed by atoms with Crippen molar-refractivity contribution in [1.29, 1.82) is 0 Å². The van der Waals surface area contributed by atoms with Gasteiger partial charge in [0.25, 0.3) is 0 Å². The molecule has 3 aromatic heterocycles. The highest BCUT2D eigenvalue weighted by Crippen LogP contribution is 2.38. The van der Waals surface area contributed by atoms with Crippen LogP contribution in [0.4, 0.5) is 15.9 Å². The van der Waals surface area contributed by atoms with E-state index in [0.29, 0.717) is 29.4 Å². The molecule has 4 aromatic rings. The number of aryl methyl sites for hydroxylation is 1. The number of fused-ring (bicyclic) bond motifs is 1. The standard InChI is InChI=1S/C26H29N7O4S2/c1-3-27-25(34)32-26-31-22-11-17(10-20(23(22)38-26)21-8-7-16(2)12-28-21)18-13-29-24(30-14-18)33-39(35,36)15-19-6-4-5-9-37-19/h7-8,10-14,19H,3-6,9,15H2,1-2H3,(H,29,30,33)(H2,27,31,32,34). The molecule has 39 heavy (non-hydrogen) atoms. The number of pyridine rings is 1. The Morgan fingerprint density at radius 2 is 1.92 bits per heavy atom. The number of anilines is 2. The zero-order chi connectivity index (χ0) is 27.4. The first kappa shape index (κ1) is 26.9. The van der Waals surface area contributed by atoms with Crippen molar-refractivity contribution in [2.24, 2.45) is 0 Å². The third-order valence-corrected chi connectivity index (χ3v) is 8.47. The molecule has 4 heterocycles. The van der Waals surface area contributed by atoms with Crippen LogP contribution in [0.5, 0.6) is 0 Å². The maximum Gasteiger partial charge on any atom is 0.321 e. The van der Waals surface area contributed by atoms with Crippen LogP contribution in [0.2, 0.25) is 0 Å². The highest BCUT2D eigenvalue weighted by Gasteiger charge is 2.23. The number of thiazole rings is 1. The maximum absolute atomic E-state index is 12.6. The van der Waals surface area contributed by atoms with E-state index in [2.05, 4.69) is 35.3 Å².